The van der Waals surface area contributed by atoms with Crippen molar-refractivity contribution in [3.8, 4) is 0 Å². The van der Waals surface area contributed by atoms with Crippen molar-refractivity contribution in [3.63, 3.8) is 0 Å². The van der Waals surface area contributed by atoms with E-state index in [4.69, 9.17) is 0 Å². The van der Waals surface area contributed by atoms with Crippen molar-refractivity contribution in [1.82, 2.24) is 4.31 Å². The van der Waals surface area contributed by atoms with E-state index < -0.39 is 9.71 Å². The van der Waals surface area contributed by atoms with E-state index in [0.29, 0.717) is 10.8 Å². The average Bonchev–Trinajstić information content (AvgIpc) is 2.01. The van der Waals surface area contributed by atoms with E-state index in [1.807, 2.05) is 4.31 Å². The fourth-order valence-corrected chi connectivity index (χ4v) is 3.07. The molecule has 1 saturated heterocycles. The fourth-order valence-electron chi connectivity index (χ4n) is 2.12. The highest BCUT2D eigenvalue weighted by molar-refractivity contribution is 7.97. The molecule has 1 rings (SSSR count). The summed E-state index contributed by atoms with van der Waals surface area (Å²) in [5, 5.41) is 0. The molecule has 0 spiro atoms. The third kappa shape index (κ3) is 2.76. The van der Waals surface area contributed by atoms with E-state index in [-0.39, 0.29) is 0 Å². The molecule has 1 aliphatic rings. The highest BCUT2D eigenvalue weighted by atomic mass is 32.2. The Morgan fingerprint density at radius 2 is 1.67 bits per heavy atom. The van der Waals surface area contributed by atoms with Crippen LogP contribution in [0.1, 0.15) is 40.5 Å². The Morgan fingerprint density at radius 1 is 1.27 bits per heavy atom. The van der Waals surface area contributed by atoms with Gasteiger partial charge in [0.05, 0.1) is 0 Å². The van der Waals surface area contributed by atoms with Gasteiger partial charge in [0, 0.05) is 29.1 Å². The first kappa shape index (κ1) is 13.0. The molecule has 1 atom stereocenters. The lowest BCUT2D eigenvalue weighted by Crippen LogP contribution is -2.46. The highest BCUT2D eigenvalue weighted by Gasteiger charge is 2.40. The summed E-state index contributed by atoms with van der Waals surface area (Å²) >= 11 is 0. The fraction of sp³-hybridized carbons (Fsp3) is 0.917. The molecule has 0 saturated carbocycles. The van der Waals surface area contributed by atoms with Gasteiger partial charge in [-0.05, 0) is 29.5 Å². The molecule has 0 N–H and O–H groups in total. The van der Waals surface area contributed by atoms with Gasteiger partial charge in [-0.2, -0.15) is 0 Å². The van der Waals surface area contributed by atoms with Gasteiger partial charge in [0.15, 0.2) is 0 Å². The maximum absolute atomic E-state index is 11.8. The zero-order chi connectivity index (χ0) is 11.9. The molecule has 3 heteroatoms. The molecule has 0 bridgehead atoms. The van der Waals surface area contributed by atoms with Crippen LogP contribution in [0.2, 0.25) is 0 Å². The Balaban J connectivity index is 2.72. The minimum atomic E-state index is -1.99. The van der Waals surface area contributed by atoms with Crippen LogP contribution in [0.3, 0.4) is 0 Å². The molecular formula is C12H25NOS. The van der Waals surface area contributed by atoms with Gasteiger partial charge in [-0.3, -0.25) is 4.21 Å². The molecule has 90 valence electrons. The van der Waals surface area contributed by atoms with Gasteiger partial charge in [-0.25, -0.2) is 4.31 Å². The van der Waals surface area contributed by atoms with Gasteiger partial charge in [0.2, 0.25) is 0 Å². The van der Waals surface area contributed by atoms with Gasteiger partial charge in [-0.1, -0.05) is 27.7 Å². The molecular weight excluding hydrogens is 206 g/mol. The number of rotatable bonds is 1. The Kier molecular flexibility index (Phi) is 3.28. The molecule has 0 aromatic carbocycles. The van der Waals surface area contributed by atoms with E-state index >= 15 is 0 Å². The van der Waals surface area contributed by atoms with Crippen molar-refractivity contribution < 1.29 is 4.21 Å². The minimum Gasteiger partial charge on any atom is -0.253 e. The standard InChI is InChI=1S/C12H25NOS/c1-11(2,3)12(4)7-9-13(10-8-12)15(5,6)14/h5,7-10H2,1-4,6H3. The number of piperidine rings is 1. The normalized spacial score (nSPS) is 27.3. The van der Waals surface area contributed by atoms with Crippen LogP contribution in [0.25, 0.3) is 0 Å². The molecule has 1 fully saturated rings. The van der Waals surface area contributed by atoms with Crippen LogP contribution < -0.4 is 0 Å². The van der Waals surface area contributed by atoms with Crippen LogP contribution >= 0.6 is 0 Å². The largest absolute Gasteiger partial charge is 0.253 e. The summed E-state index contributed by atoms with van der Waals surface area (Å²) < 4.78 is 13.9. The van der Waals surface area contributed by atoms with E-state index in [1.165, 1.54) is 0 Å². The summed E-state index contributed by atoms with van der Waals surface area (Å²) in [7, 11) is -1.99. The maximum Gasteiger partial charge on any atom is 0.0245 e. The van der Waals surface area contributed by atoms with Crippen molar-refractivity contribution in [1.29, 1.82) is 0 Å². The molecule has 0 aromatic rings. The van der Waals surface area contributed by atoms with Crippen LogP contribution in [0.5, 0.6) is 0 Å². The second-order valence-electron chi connectivity index (χ2n) is 6.20. The first-order chi connectivity index (χ1) is 6.56. The lowest BCUT2D eigenvalue weighted by Gasteiger charge is -2.48. The van der Waals surface area contributed by atoms with Crippen molar-refractivity contribution in [2.45, 2.75) is 40.5 Å². The van der Waals surface area contributed by atoms with Crippen LogP contribution in [-0.4, -0.2) is 33.7 Å². The monoisotopic (exact) mass is 231 g/mol. The Labute approximate surface area is 95.2 Å². The van der Waals surface area contributed by atoms with Crippen LogP contribution in [-0.2, 0) is 9.71 Å². The van der Waals surface area contributed by atoms with Crippen molar-refractivity contribution in [2.24, 2.45) is 10.8 Å². The van der Waals surface area contributed by atoms with Crippen LogP contribution in [0.4, 0.5) is 0 Å². The zero-order valence-electron chi connectivity index (χ0n) is 10.8. The predicted octanol–water partition coefficient (Wildman–Crippen LogP) is 2.40. The van der Waals surface area contributed by atoms with Crippen LogP contribution in [0, 0.1) is 10.8 Å². The molecule has 0 radical (unpaired) electrons. The molecule has 1 aliphatic heterocycles. The first-order valence-electron chi connectivity index (χ1n) is 5.64. The Morgan fingerprint density at radius 3 is 1.93 bits per heavy atom. The third-order valence-corrected chi connectivity index (χ3v) is 5.64. The van der Waals surface area contributed by atoms with Crippen molar-refractivity contribution in [2.75, 3.05) is 19.3 Å². The smallest absolute Gasteiger partial charge is 0.0245 e. The lowest BCUT2D eigenvalue weighted by molar-refractivity contribution is 0.0473. The van der Waals surface area contributed by atoms with Crippen molar-refractivity contribution in [3.05, 3.63) is 0 Å². The van der Waals surface area contributed by atoms with Gasteiger partial charge in [0.1, 0.15) is 0 Å². The maximum atomic E-state index is 11.8. The quantitative estimate of drug-likeness (QED) is 0.635. The summed E-state index contributed by atoms with van der Waals surface area (Å²) in [5.74, 6) is 3.76. The SMILES string of the molecule is C=S(C)(=O)N1CCC(C)(C(C)(C)C)CC1. The van der Waals surface area contributed by atoms with Gasteiger partial charge in [-0.15, -0.1) is 0 Å². The van der Waals surface area contributed by atoms with Crippen molar-refractivity contribution >= 4 is 15.6 Å². The topological polar surface area (TPSA) is 20.3 Å². The summed E-state index contributed by atoms with van der Waals surface area (Å²) in [6, 6.07) is 0. The van der Waals surface area contributed by atoms with E-state index in [2.05, 4.69) is 33.6 Å². The molecule has 15 heavy (non-hydrogen) atoms. The second-order valence-corrected chi connectivity index (χ2v) is 8.63. The summed E-state index contributed by atoms with van der Waals surface area (Å²) in [5.41, 5.74) is 0.697. The molecule has 0 aliphatic carbocycles. The molecule has 2 nitrogen and oxygen atoms in total. The van der Waals surface area contributed by atoms with Gasteiger partial charge in [0.25, 0.3) is 0 Å². The molecule has 0 amide bonds. The van der Waals surface area contributed by atoms with Gasteiger partial charge >= 0.3 is 0 Å². The van der Waals surface area contributed by atoms with E-state index in [0.717, 1.165) is 25.9 Å². The average molecular weight is 231 g/mol. The zero-order valence-corrected chi connectivity index (χ0v) is 11.6. The Bertz CT molecular complexity index is 316. The Hall–Kier alpha value is -0.0200. The predicted molar refractivity (Wildman–Crippen MR) is 69.6 cm³/mol. The van der Waals surface area contributed by atoms with E-state index in [1.54, 1.807) is 6.26 Å². The molecule has 1 heterocycles. The summed E-state index contributed by atoms with van der Waals surface area (Å²) in [4.78, 5) is 0. The first-order valence-corrected chi connectivity index (χ1v) is 7.73. The number of hydrogen-bond acceptors (Lipinski definition) is 1. The summed E-state index contributed by atoms with van der Waals surface area (Å²) in [6.45, 7) is 11.1. The molecule has 1 unspecified atom stereocenters. The van der Waals surface area contributed by atoms with Crippen LogP contribution in [0.15, 0.2) is 0 Å². The summed E-state index contributed by atoms with van der Waals surface area (Å²) in [6.07, 6.45) is 3.99. The van der Waals surface area contributed by atoms with Gasteiger partial charge < -0.3 is 0 Å². The van der Waals surface area contributed by atoms with E-state index in [9.17, 15) is 4.21 Å². The second kappa shape index (κ2) is 3.77. The lowest BCUT2D eigenvalue weighted by atomic mass is 9.63. The number of hydrogen-bond donors (Lipinski definition) is 0. The third-order valence-electron chi connectivity index (χ3n) is 4.18. The molecule has 0 aromatic heterocycles. The minimum absolute atomic E-state index is 0.328. The number of nitrogens with zero attached hydrogens (tertiary/aromatic N) is 1. The highest BCUT2D eigenvalue weighted by Crippen LogP contribution is 2.46.